The van der Waals surface area contributed by atoms with Crippen molar-refractivity contribution in [2.24, 2.45) is 4.99 Å². The molecule has 166 valence electrons. The van der Waals surface area contributed by atoms with E-state index in [-0.39, 0.29) is 47.6 Å². The van der Waals surface area contributed by atoms with Crippen LogP contribution in [0.5, 0.6) is 5.75 Å². The lowest BCUT2D eigenvalue weighted by Crippen LogP contribution is -2.47. The number of benzene rings is 1. The van der Waals surface area contributed by atoms with E-state index >= 15 is 0 Å². The Morgan fingerprint density at radius 1 is 1.31 bits per heavy atom. The molecular weight excluding hydrogens is 518 g/mol. The van der Waals surface area contributed by atoms with E-state index < -0.39 is 22.5 Å². The van der Waals surface area contributed by atoms with E-state index in [1.807, 2.05) is 6.92 Å². The molecule has 3 atom stereocenters. The van der Waals surface area contributed by atoms with E-state index in [0.29, 0.717) is 18.3 Å². The number of nitrogens with one attached hydrogen (secondary N) is 2. The van der Waals surface area contributed by atoms with Gasteiger partial charge in [-0.05, 0) is 31.4 Å². The van der Waals surface area contributed by atoms with Crippen LogP contribution >= 0.6 is 24.0 Å². The molecule has 29 heavy (non-hydrogen) atoms. The van der Waals surface area contributed by atoms with Crippen LogP contribution in [0.25, 0.3) is 0 Å². The van der Waals surface area contributed by atoms with Gasteiger partial charge >= 0.3 is 6.18 Å². The summed E-state index contributed by atoms with van der Waals surface area (Å²) in [6.45, 7) is 2.31. The number of halogens is 4. The summed E-state index contributed by atoms with van der Waals surface area (Å²) < 4.78 is 56.3. The topological polar surface area (TPSA) is 62.7 Å². The van der Waals surface area contributed by atoms with Gasteiger partial charge in [-0.25, -0.2) is 0 Å². The van der Waals surface area contributed by atoms with Crippen LogP contribution in [-0.2, 0) is 17.0 Å². The normalized spacial score (nSPS) is 21.1. The van der Waals surface area contributed by atoms with E-state index in [4.69, 9.17) is 4.74 Å². The second-order valence-corrected chi connectivity index (χ2v) is 8.65. The fraction of sp³-hybridized carbons (Fsp3) is 0.632. The third-order valence-corrected chi connectivity index (χ3v) is 6.43. The number of rotatable bonds is 7. The molecule has 0 saturated heterocycles. The molecular formula is C19H29F3IN3O2S. The number of ether oxygens (including phenoxy) is 1. The summed E-state index contributed by atoms with van der Waals surface area (Å²) in [6, 6.07) is 5.35. The molecule has 1 aliphatic rings. The SMILES string of the molecule is CCS(=O)C1CCCC(NC(=NC)NCCOc2ccccc2C(F)(F)F)C1.I. The van der Waals surface area contributed by atoms with Crippen molar-refractivity contribution in [3.8, 4) is 5.75 Å². The van der Waals surface area contributed by atoms with Crippen molar-refractivity contribution in [1.82, 2.24) is 10.6 Å². The van der Waals surface area contributed by atoms with Gasteiger partial charge in [-0.15, -0.1) is 24.0 Å². The van der Waals surface area contributed by atoms with Gasteiger partial charge in [0.15, 0.2) is 5.96 Å². The van der Waals surface area contributed by atoms with Gasteiger partial charge in [0.1, 0.15) is 12.4 Å². The molecule has 5 nitrogen and oxygen atoms in total. The highest BCUT2D eigenvalue weighted by Crippen LogP contribution is 2.35. The summed E-state index contributed by atoms with van der Waals surface area (Å²) in [5.74, 6) is 1.05. The van der Waals surface area contributed by atoms with Gasteiger partial charge in [0.2, 0.25) is 0 Å². The average molecular weight is 547 g/mol. The molecule has 0 aliphatic heterocycles. The summed E-state index contributed by atoms with van der Waals surface area (Å²) in [6.07, 6.45) is -0.637. The van der Waals surface area contributed by atoms with Crippen LogP contribution < -0.4 is 15.4 Å². The summed E-state index contributed by atoms with van der Waals surface area (Å²) in [4.78, 5) is 4.16. The van der Waals surface area contributed by atoms with Gasteiger partial charge < -0.3 is 15.4 Å². The van der Waals surface area contributed by atoms with Crippen molar-refractivity contribution in [3.63, 3.8) is 0 Å². The quantitative estimate of drug-likeness (QED) is 0.235. The summed E-state index contributed by atoms with van der Waals surface area (Å²) in [5, 5.41) is 6.58. The van der Waals surface area contributed by atoms with Crippen LogP contribution in [0, 0.1) is 0 Å². The predicted octanol–water partition coefficient (Wildman–Crippen LogP) is 3.95. The van der Waals surface area contributed by atoms with E-state index in [1.54, 1.807) is 7.05 Å². The molecule has 0 aromatic heterocycles. The highest BCUT2D eigenvalue weighted by molar-refractivity contribution is 14.0. The highest BCUT2D eigenvalue weighted by atomic mass is 127. The van der Waals surface area contributed by atoms with Gasteiger partial charge in [0, 0.05) is 34.9 Å². The molecule has 0 heterocycles. The van der Waals surface area contributed by atoms with Crippen LogP contribution in [0.1, 0.15) is 38.2 Å². The monoisotopic (exact) mass is 547 g/mol. The second kappa shape index (κ2) is 12.6. The fourth-order valence-electron chi connectivity index (χ4n) is 3.30. The number of hydrogen-bond donors (Lipinski definition) is 2. The molecule has 2 rings (SSSR count). The molecule has 3 unspecified atom stereocenters. The number of guanidine groups is 1. The summed E-state index contributed by atoms with van der Waals surface area (Å²) >= 11 is 0. The van der Waals surface area contributed by atoms with Crippen molar-refractivity contribution in [2.45, 2.75) is 50.1 Å². The Hall–Kier alpha value is -1.04. The molecule has 2 N–H and O–H groups in total. The number of hydrogen-bond acceptors (Lipinski definition) is 3. The second-order valence-electron chi connectivity index (χ2n) is 6.64. The van der Waals surface area contributed by atoms with Gasteiger partial charge in [-0.3, -0.25) is 9.20 Å². The van der Waals surface area contributed by atoms with Gasteiger partial charge in [-0.2, -0.15) is 13.2 Å². The maximum absolute atomic E-state index is 13.0. The minimum atomic E-state index is -4.45. The maximum Gasteiger partial charge on any atom is 0.419 e. The molecule has 1 saturated carbocycles. The Kier molecular flexibility index (Phi) is 11.3. The zero-order valence-electron chi connectivity index (χ0n) is 16.6. The van der Waals surface area contributed by atoms with Gasteiger partial charge in [-0.1, -0.05) is 25.5 Å². The fourth-order valence-corrected chi connectivity index (χ4v) is 4.64. The minimum Gasteiger partial charge on any atom is -0.491 e. The van der Waals surface area contributed by atoms with Crippen LogP contribution in [-0.4, -0.2) is 47.4 Å². The Morgan fingerprint density at radius 3 is 2.69 bits per heavy atom. The van der Waals surface area contributed by atoms with Crippen molar-refractivity contribution in [2.75, 3.05) is 26.0 Å². The van der Waals surface area contributed by atoms with Gasteiger partial charge in [0.25, 0.3) is 0 Å². The molecule has 0 radical (unpaired) electrons. The molecule has 1 aliphatic carbocycles. The average Bonchev–Trinajstić information content (AvgIpc) is 2.69. The zero-order chi connectivity index (χ0) is 20.6. The Bertz CT molecular complexity index is 689. The lowest BCUT2D eigenvalue weighted by atomic mass is 9.95. The van der Waals surface area contributed by atoms with E-state index in [0.717, 1.165) is 31.7 Å². The summed E-state index contributed by atoms with van der Waals surface area (Å²) in [7, 11) is 0.838. The first-order chi connectivity index (χ1) is 13.3. The number of nitrogens with zero attached hydrogens (tertiary/aromatic N) is 1. The molecule has 1 aromatic carbocycles. The first-order valence-corrected chi connectivity index (χ1v) is 10.9. The molecule has 1 aromatic rings. The van der Waals surface area contributed by atoms with Crippen LogP contribution in [0.3, 0.4) is 0 Å². The molecule has 0 bridgehead atoms. The standard InChI is InChI=1S/C19H28F3N3O2S.HI/c1-3-28(26)15-8-6-7-14(13-15)25-18(23-2)24-11-12-27-17-10-5-4-9-16(17)19(20,21)22;/h4-5,9-10,14-15H,3,6-8,11-13H2,1-2H3,(H2,23,24,25);1H. The third kappa shape index (κ3) is 8.31. The van der Waals surface area contributed by atoms with E-state index in [1.165, 1.54) is 18.2 Å². The molecule has 10 heteroatoms. The Morgan fingerprint density at radius 2 is 2.03 bits per heavy atom. The van der Waals surface area contributed by atoms with Crippen molar-refractivity contribution in [1.29, 1.82) is 0 Å². The van der Waals surface area contributed by atoms with E-state index in [2.05, 4.69) is 15.6 Å². The Labute approximate surface area is 189 Å². The van der Waals surface area contributed by atoms with E-state index in [9.17, 15) is 17.4 Å². The minimum absolute atomic E-state index is 0. The predicted molar refractivity (Wildman–Crippen MR) is 122 cm³/mol. The van der Waals surface area contributed by atoms with Gasteiger partial charge in [0.05, 0.1) is 12.1 Å². The van der Waals surface area contributed by atoms with Crippen molar-refractivity contribution in [3.05, 3.63) is 29.8 Å². The Balaban J connectivity index is 0.00000420. The lowest BCUT2D eigenvalue weighted by molar-refractivity contribution is -0.138. The molecule has 0 spiro atoms. The summed E-state index contributed by atoms with van der Waals surface area (Å²) in [5.41, 5.74) is -0.783. The van der Waals surface area contributed by atoms with Crippen molar-refractivity contribution >= 4 is 40.7 Å². The van der Waals surface area contributed by atoms with Crippen LogP contribution in [0.4, 0.5) is 13.2 Å². The molecule has 0 amide bonds. The lowest BCUT2D eigenvalue weighted by Gasteiger charge is -2.30. The van der Waals surface area contributed by atoms with Crippen LogP contribution in [0.2, 0.25) is 0 Å². The first kappa shape index (κ1) is 26.0. The number of aliphatic imine (C=N–C) groups is 1. The van der Waals surface area contributed by atoms with Crippen LogP contribution in [0.15, 0.2) is 29.3 Å². The smallest absolute Gasteiger partial charge is 0.419 e. The number of para-hydroxylation sites is 1. The molecule has 1 fully saturated rings. The maximum atomic E-state index is 13.0. The largest absolute Gasteiger partial charge is 0.491 e. The zero-order valence-corrected chi connectivity index (χ0v) is 19.8. The van der Waals surface area contributed by atoms with Crippen molar-refractivity contribution < 1.29 is 22.1 Å². The first-order valence-electron chi connectivity index (χ1n) is 9.48. The third-order valence-electron chi connectivity index (χ3n) is 4.69. The highest BCUT2D eigenvalue weighted by Gasteiger charge is 2.34. The number of alkyl halides is 3.